The van der Waals surface area contributed by atoms with E-state index in [2.05, 4.69) is 20.8 Å². The Morgan fingerprint density at radius 1 is 1.55 bits per heavy atom. The molecule has 62 valence electrons. The maximum atomic E-state index is 10.4. The summed E-state index contributed by atoms with van der Waals surface area (Å²) in [6.45, 7) is 6.52. The van der Waals surface area contributed by atoms with Gasteiger partial charge in [0.15, 0.2) is 0 Å². The lowest BCUT2D eigenvalue weighted by Gasteiger charge is -2.23. The average molecular weight is 152 g/mol. The van der Waals surface area contributed by atoms with Crippen LogP contribution in [-0.4, -0.2) is 6.29 Å². The monoisotopic (exact) mass is 152 g/mol. The highest BCUT2D eigenvalue weighted by Crippen LogP contribution is 2.44. The fraction of sp³-hybridized carbons (Fsp3) is 0.700. The van der Waals surface area contributed by atoms with E-state index in [9.17, 15) is 4.79 Å². The average Bonchev–Trinajstić information content (AvgIpc) is 2.19. The second-order valence-corrected chi connectivity index (χ2v) is 3.84. The summed E-state index contributed by atoms with van der Waals surface area (Å²) in [6.07, 6.45) is 4.07. The van der Waals surface area contributed by atoms with Crippen LogP contribution in [0.25, 0.3) is 0 Å². The van der Waals surface area contributed by atoms with Gasteiger partial charge in [-0.05, 0) is 32.1 Å². The van der Waals surface area contributed by atoms with Crippen molar-refractivity contribution < 1.29 is 4.79 Å². The smallest absolute Gasteiger partial charge is 0.120 e. The molecule has 1 atom stereocenters. The molecule has 0 fully saturated rings. The van der Waals surface area contributed by atoms with E-state index in [0.717, 1.165) is 12.7 Å². The summed E-state index contributed by atoms with van der Waals surface area (Å²) < 4.78 is 0. The molecule has 0 saturated carbocycles. The Morgan fingerprint density at radius 2 is 2.18 bits per heavy atom. The Morgan fingerprint density at radius 3 is 2.55 bits per heavy atom. The van der Waals surface area contributed by atoms with Crippen LogP contribution < -0.4 is 0 Å². The van der Waals surface area contributed by atoms with E-state index in [1.54, 1.807) is 0 Å². The summed E-state index contributed by atoms with van der Waals surface area (Å²) in [6, 6.07) is 0. The summed E-state index contributed by atoms with van der Waals surface area (Å²) in [5, 5.41) is 0. The minimum atomic E-state index is 0.186. The highest BCUT2D eigenvalue weighted by Gasteiger charge is 2.31. The van der Waals surface area contributed by atoms with Crippen LogP contribution in [0.2, 0.25) is 0 Å². The Kier molecular flexibility index (Phi) is 2.17. The van der Waals surface area contributed by atoms with Crippen LogP contribution in [-0.2, 0) is 4.79 Å². The molecule has 0 aromatic rings. The van der Waals surface area contributed by atoms with E-state index < -0.39 is 0 Å². The van der Waals surface area contributed by atoms with Crippen molar-refractivity contribution in [3.8, 4) is 0 Å². The second-order valence-electron chi connectivity index (χ2n) is 3.84. The van der Waals surface area contributed by atoms with Gasteiger partial charge >= 0.3 is 0 Å². The lowest BCUT2D eigenvalue weighted by molar-refractivity contribution is -0.109. The quantitative estimate of drug-likeness (QED) is 0.439. The number of hydrogen-bond acceptors (Lipinski definition) is 1. The molecule has 0 aromatic heterocycles. The molecule has 1 aliphatic carbocycles. The van der Waals surface area contributed by atoms with Crippen molar-refractivity contribution in [3.63, 3.8) is 0 Å². The van der Waals surface area contributed by atoms with E-state index >= 15 is 0 Å². The third-order valence-corrected chi connectivity index (χ3v) is 3.13. The number of hydrogen-bond donors (Lipinski definition) is 0. The minimum absolute atomic E-state index is 0.186. The van der Waals surface area contributed by atoms with E-state index in [-0.39, 0.29) is 5.41 Å². The fourth-order valence-electron chi connectivity index (χ4n) is 1.79. The van der Waals surface area contributed by atoms with E-state index in [1.165, 1.54) is 17.6 Å². The third kappa shape index (κ3) is 1.37. The molecular weight excluding hydrogens is 136 g/mol. The van der Waals surface area contributed by atoms with Crippen molar-refractivity contribution in [2.45, 2.75) is 40.0 Å². The van der Waals surface area contributed by atoms with Gasteiger partial charge in [0.05, 0.1) is 0 Å². The first-order valence-electron chi connectivity index (χ1n) is 4.20. The van der Waals surface area contributed by atoms with Crippen molar-refractivity contribution in [1.29, 1.82) is 0 Å². The van der Waals surface area contributed by atoms with Gasteiger partial charge in [-0.1, -0.05) is 18.1 Å². The largest absolute Gasteiger partial charge is 0.303 e. The van der Waals surface area contributed by atoms with Crippen LogP contribution >= 0.6 is 0 Å². The van der Waals surface area contributed by atoms with E-state index in [1.807, 2.05) is 0 Å². The van der Waals surface area contributed by atoms with Crippen LogP contribution in [0.4, 0.5) is 0 Å². The molecule has 11 heavy (non-hydrogen) atoms. The number of carbonyl (C=O) groups is 1. The maximum absolute atomic E-state index is 10.4. The Labute approximate surface area is 68.5 Å². The first kappa shape index (κ1) is 8.51. The molecule has 0 aliphatic heterocycles. The molecule has 0 bridgehead atoms. The highest BCUT2D eigenvalue weighted by molar-refractivity contribution is 5.53. The molecule has 0 heterocycles. The van der Waals surface area contributed by atoms with Gasteiger partial charge in [0.2, 0.25) is 0 Å². The molecular formula is C10H16O. The second kappa shape index (κ2) is 2.80. The summed E-state index contributed by atoms with van der Waals surface area (Å²) in [5.41, 5.74) is 3.10. The topological polar surface area (TPSA) is 17.1 Å². The molecule has 1 aliphatic rings. The van der Waals surface area contributed by atoms with Gasteiger partial charge in [-0.15, -0.1) is 0 Å². The Hall–Kier alpha value is -0.590. The first-order chi connectivity index (χ1) is 5.10. The summed E-state index contributed by atoms with van der Waals surface area (Å²) in [7, 11) is 0. The molecule has 0 aromatic carbocycles. The number of rotatable bonds is 2. The molecule has 0 saturated heterocycles. The van der Waals surface area contributed by atoms with Crippen molar-refractivity contribution in [1.82, 2.24) is 0 Å². The van der Waals surface area contributed by atoms with Crippen molar-refractivity contribution in [3.05, 3.63) is 11.1 Å². The summed E-state index contributed by atoms with van der Waals surface area (Å²) in [4.78, 5) is 10.4. The van der Waals surface area contributed by atoms with Crippen LogP contribution in [0.1, 0.15) is 40.0 Å². The fourth-order valence-corrected chi connectivity index (χ4v) is 1.79. The molecule has 1 heteroatoms. The van der Waals surface area contributed by atoms with Crippen LogP contribution in [0.5, 0.6) is 0 Å². The Balaban J connectivity index is 2.82. The van der Waals surface area contributed by atoms with Gasteiger partial charge < -0.3 is 4.79 Å². The zero-order chi connectivity index (χ0) is 8.48. The molecule has 0 amide bonds. The normalized spacial score (nSPS) is 31.2. The summed E-state index contributed by atoms with van der Waals surface area (Å²) >= 11 is 0. The maximum Gasteiger partial charge on any atom is 0.120 e. The van der Waals surface area contributed by atoms with Gasteiger partial charge in [0.25, 0.3) is 0 Å². The zero-order valence-electron chi connectivity index (χ0n) is 7.61. The first-order valence-corrected chi connectivity index (χ1v) is 4.20. The van der Waals surface area contributed by atoms with Gasteiger partial charge in [-0.2, -0.15) is 0 Å². The lowest BCUT2D eigenvalue weighted by atomic mass is 9.81. The third-order valence-electron chi connectivity index (χ3n) is 3.13. The van der Waals surface area contributed by atoms with Crippen molar-refractivity contribution in [2.75, 3.05) is 0 Å². The number of carbonyl (C=O) groups excluding carboxylic acids is 1. The van der Waals surface area contributed by atoms with Crippen LogP contribution in [0.3, 0.4) is 0 Å². The molecule has 0 radical (unpaired) electrons. The lowest BCUT2D eigenvalue weighted by Crippen LogP contribution is -2.14. The van der Waals surface area contributed by atoms with E-state index in [4.69, 9.17) is 0 Å². The molecule has 0 spiro atoms. The van der Waals surface area contributed by atoms with Gasteiger partial charge in [0, 0.05) is 6.42 Å². The highest BCUT2D eigenvalue weighted by atomic mass is 16.1. The molecule has 0 N–H and O–H groups in total. The zero-order valence-corrected chi connectivity index (χ0v) is 7.61. The predicted molar refractivity (Wildman–Crippen MR) is 46.4 cm³/mol. The van der Waals surface area contributed by atoms with Crippen LogP contribution in [0.15, 0.2) is 11.1 Å². The SMILES string of the molecule is CC1=C(C)[C@](C)(CC=O)CC1. The van der Waals surface area contributed by atoms with Gasteiger partial charge in [0.1, 0.15) is 6.29 Å². The molecule has 1 nitrogen and oxygen atoms in total. The Bertz CT molecular complexity index is 203. The van der Waals surface area contributed by atoms with Crippen LogP contribution in [0, 0.1) is 5.41 Å². The predicted octanol–water partition coefficient (Wildman–Crippen LogP) is 2.71. The minimum Gasteiger partial charge on any atom is -0.303 e. The molecule has 0 unspecified atom stereocenters. The number of aldehydes is 1. The molecule has 1 rings (SSSR count). The summed E-state index contributed by atoms with van der Waals surface area (Å²) in [5.74, 6) is 0. The van der Waals surface area contributed by atoms with E-state index in [0.29, 0.717) is 6.42 Å². The van der Waals surface area contributed by atoms with Crippen molar-refractivity contribution in [2.24, 2.45) is 5.41 Å². The standard InChI is InChI=1S/C10H16O/c1-8-4-5-10(3,6-7-11)9(8)2/h7H,4-6H2,1-3H3/t10-/m0/s1. The number of allylic oxidation sites excluding steroid dienone is 2. The van der Waals surface area contributed by atoms with Crippen molar-refractivity contribution >= 4 is 6.29 Å². The van der Waals surface area contributed by atoms with Gasteiger partial charge in [-0.3, -0.25) is 0 Å². The van der Waals surface area contributed by atoms with Gasteiger partial charge in [-0.25, -0.2) is 0 Å².